The molecule has 1 aliphatic rings. The van der Waals surface area contributed by atoms with Crippen molar-refractivity contribution >= 4 is 12.1 Å². The van der Waals surface area contributed by atoms with E-state index in [1.807, 2.05) is 39.0 Å². The van der Waals surface area contributed by atoms with Crippen LogP contribution in [0, 0.1) is 0 Å². The zero-order valence-corrected chi connectivity index (χ0v) is 15.5. The predicted octanol–water partition coefficient (Wildman–Crippen LogP) is 2.96. The highest BCUT2D eigenvalue weighted by atomic mass is 16.6. The van der Waals surface area contributed by atoms with Crippen LogP contribution < -0.4 is 5.32 Å². The summed E-state index contributed by atoms with van der Waals surface area (Å²) in [6.45, 7) is 7.98. The van der Waals surface area contributed by atoms with Crippen molar-refractivity contribution in [1.29, 1.82) is 0 Å². The number of ether oxygens (including phenoxy) is 2. The summed E-state index contributed by atoms with van der Waals surface area (Å²) < 4.78 is 10.2. The number of hydrogen-bond acceptors (Lipinski definition) is 5. The lowest BCUT2D eigenvalue weighted by molar-refractivity contribution is 0.0475. The number of amides is 1. The standard InChI is InChI=1S/C19H28N2O4/c1-19(2,3)25-18(23)20-15-9-11-21(12-10-15)13-14-7-5-6-8-16(14)17(22)24-4/h5-8,15H,9-13H2,1-4H3,(H,20,23). The predicted molar refractivity (Wildman–Crippen MR) is 95.5 cm³/mol. The van der Waals surface area contributed by atoms with Crippen LogP contribution >= 0.6 is 0 Å². The number of likely N-dealkylation sites (tertiary alicyclic amines) is 1. The Kier molecular flexibility index (Phi) is 6.42. The van der Waals surface area contributed by atoms with Gasteiger partial charge in [-0.25, -0.2) is 9.59 Å². The van der Waals surface area contributed by atoms with Gasteiger partial charge in [-0.05, 0) is 45.2 Å². The van der Waals surface area contributed by atoms with Crippen molar-refractivity contribution in [2.75, 3.05) is 20.2 Å². The minimum atomic E-state index is -0.484. The molecule has 1 fully saturated rings. The summed E-state index contributed by atoms with van der Waals surface area (Å²) in [5.41, 5.74) is 1.09. The molecule has 6 nitrogen and oxygen atoms in total. The molecule has 0 spiro atoms. The average Bonchev–Trinajstić information content (AvgIpc) is 2.54. The van der Waals surface area contributed by atoms with E-state index in [9.17, 15) is 9.59 Å². The van der Waals surface area contributed by atoms with Crippen LogP contribution in [0.25, 0.3) is 0 Å². The number of nitrogens with one attached hydrogen (secondary N) is 1. The molecule has 1 saturated heterocycles. The summed E-state index contributed by atoms with van der Waals surface area (Å²) in [6, 6.07) is 7.64. The highest BCUT2D eigenvalue weighted by Gasteiger charge is 2.24. The highest BCUT2D eigenvalue weighted by Crippen LogP contribution is 2.18. The maximum absolute atomic E-state index is 11.9. The second-order valence-electron chi connectivity index (χ2n) is 7.35. The molecule has 1 heterocycles. The zero-order valence-electron chi connectivity index (χ0n) is 15.5. The van der Waals surface area contributed by atoms with Crippen LogP contribution in [0.2, 0.25) is 0 Å². The summed E-state index contributed by atoms with van der Waals surface area (Å²) >= 11 is 0. The van der Waals surface area contributed by atoms with Crippen LogP contribution in [-0.2, 0) is 16.0 Å². The Bertz CT molecular complexity index is 602. The van der Waals surface area contributed by atoms with E-state index < -0.39 is 5.60 Å². The smallest absolute Gasteiger partial charge is 0.407 e. The summed E-state index contributed by atoms with van der Waals surface area (Å²) in [5, 5.41) is 2.94. The summed E-state index contributed by atoms with van der Waals surface area (Å²) in [5.74, 6) is -0.308. The van der Waals surface area contributed by atoms with Gasteiger partial charge < -0.3 is 14.8 Å². The first kappa shape index (κ1) is 19.2. The number of benzene rings is 1. The Morgan fingerprint density at radius 1 is 1.20 bits per heavy atom. The first-order chi connectivity index (χ1) is 11.8. The second kappa shape index (κ2) is 8.34. The molecule has 0 saturated carbocycles. The van der Waals surface area contributed by atoms with Gasteiger partial charge in [0.05, 0.1) is 12.7 Å². The third-order valence-corrected chi connectivity index (χ3v) is 4.13. The van der Waals surface area contributed by atoms with Gasteiger partial charge in [-0.2, -0.15) is 0 Å². The molecule has 0 bridgehead atoms. The third-order valence-electron chi connectivity index (χ3n) is 4.13. The highest BCUT2D eigenvalue weighted by molar-refractivity contribution is 5.90. The van der Waals surface area contributed by atoms with Gasteiger partial charge in [0.2, 0.25) is 0 Å². The number of esters is 1. The number of alkyl carbamates (subject to hydrolysis) is 1. The molecular weight excluding hydrogens is 320 g/mol. The maximum Gasteiger partial charge on any atom is 0.407 e. The molecule has 138 valence electrons. The molecule has 2 rings (SSSR count). The van der Waals surface area contributed by atoms with Gasteiger partial charge in [0.15, 0.2) is 0 Å². The van der Waals surface area contributed by atoms with E-state index in [0.29, 0.717) is 12.1 Å². The van der Waals surface area contributed by atoms with Gasteiger partial charge in [0.1, 0.15) is 5.60 Å². The largest absolute Gasteiger partial charge is 0.465 e. The molecule has 6 heteroatoms. The Balaban J connectivity index is 1.85. The number of carbonyl (C=O) groups is 2. The van der Waals surface area contributed by atoms with E-state index in [0.717, 1.165) is 31.5 Å². The molecule has 1 aromatic rings. The van der Waals surface area contributed by atoms with Crippen molar-refractivity contribution in [3.63, 3.8) is 0 Å². The van der Waals surface area contributed by atoms with Crippen molar-refractivity contribution in [2.45, 2.75) is 51.8 Å². The van der Waals surface area contributed by atoms with E-state index in [2.05, 4.69) is 10.2 Å². The number of nitrogens with zero attached hydrogens (tertiary/aromatic N) is 1. The van der Waals surface area contributed by atoms with Gasteiger partial charge in [-0.1, -0.05) is 18.2 Å². The van der Waals surface area contributed by atoms with E-state index in [1.54, 1.807) is 6.07 Å². The van der Waals surface area contributed by atoms with Crippen LogP contribution in [0.1, 0.15) is 49.5 Å². The quantitative estimate of drug-likeness (QED) is 0.847. The van der Waals surface area contributed by atoms with Crippen LogP contribution in [-0.4, -0.2) is 48.8 Å². The van der Waals surface area contributed by atoms with Gasteiger partial charge in [-0.3, -0.25) is 4.90 Å². The van der Waals surface area contributed by atoms with Crippen LogP contribution in [0.5, 0.6) is 0 Å². The summed E-state index contributed by atoms with van der Waals surface area (Å²) in [4.78, 5) is 26.0. The van der Waals surface area contributed by atoms with Crippen LogP contribution in [0.15, 0.2) is 24.3 Å². The van der Waals surface area contributed by atoms with Gasteiger partial charge >= 0.3 is 12.1 Å². The first-order valence-electron chi connectivity index (χ1n) is 8.66. The minimum Gasteiger partial charge on any atom is -0.465 e. The fourth-order valence-corrected chi connectivity index (χ4v) is 2.92. The summed E-state index contributed by atoms with van der Waals surface area (Å²) in [7, 11) is 1.40. The molecule has 0 atom stereocenters. The normalized spacial score (nSPS) is 16.3. The SMILES string of the molecule is COC(=O)c1ccccc1CN1CCC(NC(=O)OC(C)(C)C)CC1. The van der Waals surface area contributed by atoms with Crippen LogP contribution in [0.4, 0.5) is 4.79 Å². The Hall–Kier alpha value is -2.08. The fraction of sp³-hybridized carbons (Fsp3) is 0.579. The fourth-order valence-electron chi connectivity index (χ4n) is 2.92. The first-order valence-corrected chi connectivity index (χ1v) is 8.66. The Labute approximate surface area is 149 Å². The molecular formula is C19H28N2O4. The van der Waals surface area contributed by atoms with Gasteiger partial charge in [0.25, 0.3) is 0 Å². The average molecular weight is 348 g/mol. The Morgan fingerprint density at radius 2 is 1.84 bits per heavy atom. The van der Waals surface area contributed by atoms with Crippen molar-refractivity contribution in [3.05, 3.63) is 35.4 Å². The molecule has 1 amide bonds. The van der Waals surface area contributed by atoms with Gasteiger partial charge in [-0.15, -0.1) is 0 Å². The monoisotopic (exact) mass is 348 g/mol. The second-order valence-corrected chi connectivity index (χ2v) is 7.35. The van der Waals surface area contributed by atoms with E-state index >= 15 is 0 Å². The number of carbonyl (C=O) groups excluding carboxylic acids is 2. The van der Waals surface area contributed by atoms with E-state index in [1.165, 1.54) is 7.11 Å². The van der Waals surface area contributed by atoms with E-state index in [4.69, 9.17) is 9.47 Å². The topological polar surface area (TPSA) is 67.9 Å². The molecule has 0 aromatic heterocycles. The molecule has 25 heavy (non-hydrogen) atoms. The lowest BCUT2D eigenvalue weighted by Crippen LogP contribution is -2.45. The van der Waals surface area contributed by atoms with Crippen molar-refractivity contribution < 1.29 is 19.1 Å². The number of hydrogen-bond donors (Lipinski definition) is 1. The van der Waals surface area contributed by atoms with E-state index in [-0.39, 0.29) is 18.1 Å². The van der Waals surface area contributed by atoms with Crippen molar-refractivity contribution in [3.8, 4) is 0 Å². The molecule has 0 unspecified atom stereocenters. The van der Waals surface area contributed by atoms with Crippen molar-refractivity contribution in [2.24, 2.45) is 0 Å². The zero-order chi connectivity index (χ0) is 18.4. The number of methoxy groups -OCH3 is 1. The maximum atomic E-state index is 11.9. The minimum absolute atomic E-state index is 0.127. The van der Waals surface area contributed by atoms with Crippen LogP contribution in [0.3, 0.4) is 0 Å². The molecule has 0 aliphatic carbocycles. The number of piperidine rings is 1. The van der Waals surface area contributed by atoms with Crippen molar-refractivity contribution in [1.82, 2.24) is 10.2 Å². The lowest BCUT2D eigenvalue weighted by atomic mass is 10.0. The third kappa shape index (κ3) is 6.05. The Morgan fingerprint density at radius 3 is 2.44 bits per heavy atom. The van der Waals surface area contributed by atoms with Gasteiger partial charge in [0, 0.05) is 25.7 Å². The molecule has 1 aliphatic heterocycles. The lowest BCUT2D eigenvalue weighted by Gasteiger charge is -2.33. The number of rotatable bonds is 4. The molecule has 1 aromatic carbocycles. The molecule has 1 N–H and O–H groups in total. The molecule has 0 radical (unpaired) electrons. The summed E-state index contributed by atoms with van der Waals surface area (Å²) in [6.07, 6.45) is 1.36.